The molecule has 2 rings (SSSR count). The van der Waals surface area contributed by atoms with Crippen molar-refractivity contribution in [3.63, 3.8) is 0 Å². The minimum absolute atomic E-state index is 0.253. The van der Waals surface area contributed by atoms with Crippen LogP contribution in [-0.4, -0.2) is 36.5 Å². The summed E-state index contributed by atoms with van der Waals surface area (Å²) in [4.78, 5) is 14.3. The van der Waals surface area contributed by atoms with Crippen LogP contribution in [0.4, 0.5) is 0 Å². The minimum Gasteiger partial charge on any atom is -0.342 e. The van der Waals surface area contributed by atoms with Gasteiger partial charge in [-0.1, -0.05) is 34.1 Å². The van der Waals surface area contributed by atoms with Crippen LogP contribution in [0.15, 0.2) is 0 Å². The first-order valence-electron chi connectivity index (χ1n) is 8.93. The van der Waals surface area contributed by atoms with E-state index < -0.39 is 0 Å². The van der Waals surface area contributed by atoms with Gasteiger partial charge >= 0.3 is 0 Å². The Balaban J connectivity index is 1.79. The van der Waals surface area contributed by atoms with Gasteiger partial charge in [0.05, 0.1) is 0 Å². The monoisotopic (exact) mass is 294 g/mol. The van der Waals surface area contributed by atoms with Gasteiger partial charge in [-0.2, -0.15) is 0 Å². The summed E-state index contributed by atoms with van der Waals surface area (Å²) in [5.41, 5.74) is 0.253. The highest BCUT2D eigenvalue weighted by molar-refractivity contribution is 5.78. The van der Waals surface area contributed by atoms with Crippen molar-refractivity contribution in [1.29, 1.82) is 0 Å². The van der Waals surface area contributed by atoms with Crippen molar-refractivity contribution in [3.05, 3.63) is 0 Å². The summed E-state index contributed by atoms with van der Waals surface area (Å²) in [6.07, 6.45) is 7.16. The Hall–Kier alpha value is -0.570. The average molecular weight is 294 g/mol. The van der Waals surface area contributed by atoms with Crippen LogP contribution in [0.25, 0.3) is 0 Å². The highest BCUT2D eigenvalue weighted by atomic mass is 16.2. The van der Waals surface area contributed by atoms with Crippen LogP contribution in [0, 0.1) is 17.3 Å². The van der Waals surface area contributed by atoms with Crippen molar-refractivity contribution in [2.75, 3.05) is 19.6 Å². The zero-order valence-electron chi connectivity index (χ0n) is 14.5. The topological polar surface area (TPSA) is 32.3 Å². The van der Waals surface area contributed by atoms with Crippen LogP contribution in [0.5, 0.6) is 0 Å². The standard InChI is InChI=1S/C18H34N2O/c1-5-10-19-16-8-6-7-14(16)9-11-20-13-15(12-17(20)21)18(2,3)4/h14-16,19H,5-13H2,1-4H3. The molecule has 3 unspecified atom stereocenters. The number of hydrogen-bond acceptors (Lipinski definition) is 2. The Bertz CT molecular complexity index is 348. The van der Waals surface area contributed by atoms with Gasteiger partial charge in [-0.15, -0.1) is 0 Å². The second-order valence-corrected chi connectivity index (χ2v) is 8.15. The molecule has 2 aliphatic rings. The predicted octanol–water partition coefficient (Wildman–Crippen LogP) is 3.44. The van der Waals surface area contributed by atoms with Gasteiger partial charge in [0.25, 0.3) is 0 Å². The van der Waals surface area contributed by atoms with Gasteiger partial charge in [-0.25, -0.2) is 0 Å². The number of hydrogen-bond donors (Lipinski definition) is 1. The molecule has 21 heavy (non-hydrogen) atoms. The molecule has 0 bridgehead atoms. The Kier molecular flexibility index (Phi) is 5.70. The molecule has 0 radical (unpaired) electrons. The molecule has 3 atom stereocenters. The zero-order valence-corrected chi connectivity index (χ0v) is 14.5. The van der Waals surface area contributed by atoms with E-state index in [0.717, 1.165) is 32.0 Å². The lowest BCUT2D eigenvalue weighted by atomic mass is 9.80. The number of likely N-dealkylation sites (tertiary alicyclic amines) is 1. The molecule has 1 saturated heterocycles. The van der Waals surface area contributed by atoms with Gasteiger partial charge in [0.1, 0.15) is 0 Å². The lowest BCUT2D eigenvalue weighted by Gasteiger charge is -2.27. The zero-order chi connectivity index (χ0) is 15.5. The molecule has 0 aromatic heterocycles. The highest BCUT2D eigenvalue weighted by Gasteiger charge is 2.37. The number of rotatable bonds is 6. The van der Waals surface area contributed by atoms with Crippen molar-refractivity contribution < 1.29 is 4.79 Å². The second-order valence-electron chi connectivity index (χ2n) is 8.15. The summed E-state index contributed by atoms with van der Waals surface area (Å²) in [7, 11) is 0. The maximum absolute atomic E-state index is 12.2. The van der Waals surface area contributed by atoms with Crippen LogP contribution in [-0.2, 0) is 4.79 Å². The van der Waals surface area contributed by atoms with E-state index in [-0.39, 0.29) is 5.41 Å². The average Bonchev–Trinajstić information content (AvgIpc) is 3.00. The molecule has 1 heterocycles. The number of carbonyl (C=O) groups excluding carboxylic acids is 1. The van der Waals surface area contributed by atoms with E-state index in [1.54, 1.807) is 0 Å². The Morgan fingerprint density at radius 1 is 1.29 bits per heavy atom. The molecule has 3 heteroatoms. The van der Waals surface area contributed by atoms with Gasteiger partial charge in [0.2, 0.25) is 5.91 Å². The first kappa shape index (κ1) is 16.8. The second kappa shape index (κ2) is 7.13. The van der Waals surface area contributed by atoms with Gasteiger partial charge in [0, 0.05) is 25.6 Å². The van der Waals surface area contributed by atoms with Crippen LogP contribution in [0.3, 0.4) is 0 Å². The molecular formula is C18H34N2O. The van der Waals surface area contributed by atoms with Crippen molar-refractivity contribution in [2.24, 2.45) is 17.3 Å². The summed E-state index contributed by atoms with van der Waals surface area (Å²) in [6.45, 7) is 12.1. The normalized spacial score (nSPS) is 30.4. The fraction of sp³-hybridized carbons (Fsp3) is 0.944. The summed E-state index contributed by atoms with van der Waals surface area (Å²) < 4.78 is 0. The van der Waals surface area contributed by atoms with Crippen LogP contribution >= 0.6 is 0 Å². The fourth-order valence-electron chi connectivity index (χ4n) is 3.87. The van der Waals surface area contributed by atoms with E-state index in [1.807, 2.05) is 0 Å². The van der Waals surface area contributed by atoms with Gasteiger partial charge in [0.15, 0.2) is 0 Å². The van der Waals surface area contributed by atoms with Gasteiger partial charge in [-0.3, -0.25) is 4.79 Å². The third kappa shape index (κ3) is 4.45. The van der Waals surface area contributed by atoms with Crippen molar-refractivity contribution in [3.8, 4) is 0 Å². The number of nitrogens with zero attached hydrogens (tertiary/aromatic N) is 1. The summed E-state index contributed by atoms with van der Waals surface area (Å²) in [6, 6.07) is 0.695. The smallest absolute Gasteiger partial charge is 0.222 e. The molecular weight excluding hydrogens is 260 g/mol. The number of nitrogens with one attached hydrogen (secondary N) is 1. The molecule has 122 valence electrons. The number of carbonyl (C=O) groups is 1. The Labute approximate surface area is 130 Å². The van der Waals surface area contributed by atoms with Crippen molar-refractivity contribution >= 4 is 5.91 Å². The van der Waals surface area contributed by atoms with Crippen LogP contribution < -0.4 is 5.32 Å². The molecule has 1 aliphatic heterocycles. The quantitative estimate of drug-likeness (QED) is 0.814. The molecule has 1 saturated carbocycles. The largest absolute Gasteiger partial charge is 0.342 e. The van der Waals surface area contributed by atoms with E-state index in [9.17, 15) is 4.79 Å². The van der Waals surface area contributed by atoms with E-state index in [2.05, 4.69) is 37.9 Å². The molecule has 0 aromatic carbocycles. The Morgan fingerprint density at radius 2 is 2.05 bits per heavy atom. The van der Waals surface area contributed by atoms with E-state index in [0.29, 0.717) is 17.9 Å². The predicted molar refractivity (Wildman–Crippen MR) is 88.2 cm³/mol. The first-order valence-corrected chi connectivity index (χ1v) is 8.93. The first-order chi connectivity index (χ1) is 9.91. The molecule has 1 aliphatic carbocycles. The van der Waals surface area contributed by atoms with E-state index in [4.69, 9.17) is 0 Å². The molecule has 3 nitrogen and oxygen atoms in total. The van der Waals surface area contributed by atoms with E-state index >= 15 is 0 Å². The van der Waals surface area contributed by atoms with Crippen LogP contribution in [0.1, 0.15) is 66.2 Å². The summed E-state index contributed by atoms with van der Waals surface area (Å²) in [5.74, 6) is 1.69. The third-order valence-electron chi connectivity index (χ3n) is 5.52. The van der Waals surface area contributed by atoms with Crippen molar-refractivity contribution in [1.82, 2.24) is 10.2 Å². The fourth-order valence-corrected chi connectivity index (χ4v) is 3.87. The summed E-state index contributed by atoms with van der Waals surface area (Å²) >= 11 is 0. The molecule has 0 spiro atoms. The molecule has 2 fully saturated rings. The molecule has 0 aromatic rings. The maximum Gasteiger partial charge on any atom is 0.222 e. The number of amides is 1. The van der Waals surface area contributed by atoms with Crippen molar-refractivity contribution in [2.45, 2.75) is 72.3 Å². The third-order valence-corrected chi connectivity index (χ3v) is 5.52. The van der Waals surface area contributed by atoms with Gasteiger partial charge < -0.3 is 10.2 Å². The maximum atomic E-state index is 12.2. The Morgan fingerprint density at radius 3 is 2.67 bits per heavy atom. The SMILES string of the molecule is CCCNC1CCCC1CCN1CC(C(C)(C)C)CC1=O. The van der Waals surface area contributed by atoms with Crippen LogP contribution in [0.2, 0.25) is 0 Å². The highest BCUT2D eigenvalue weighted by Crippen LogP contribution is 2.35. The lowest BCUT2D eigenvalue weighted by molar-refractivity contribution is -0.127. The summed E-state index contributed by atoms with van der Waals surface area (Å²) in [5, 5.41) is 3.70. The van der Waals surface area contributed by atoms with Gasteiger partial charge in [-0.05, 0) is 49.5 Å². The lowest BCUT2D eigenvalue weighted by Crippen LogP contribution is -2.36. The minimum atomic E-state index is 0.253. The molecule has 1 amide bonds. The van der Waals surface area contributed by atoms with E-state index in [1.165, 1.54) is 32.1 Å². The molecule has 1 N–H and O–H groups in total.